The number of hydrogen-bond acceptors (Lipinski definition) is 1. The Hall–Kier alpha value is -0.820. The molecule has 0 heterocycles. The van der Waals surface area contributed by atoms with Crippen molar-refractivity contribution >= 4 is 0 Å². The quantitative estimate of drug-likeness (QED) is 0.839. The van der Waals surface area contributed by atoms with Crippen LogP contribution >= 0.6 is 0 Å². The molecule has 1 fully saturated rings. The molecule has 1 N–H and O–H groups in total. The molecule has 1 heteroatoms. The highest BCUT2D eigenvalue weighted by Gasteiger charge is 2.24. The normalized spacial score (nSPS) is 28.5. The second-order valence-electron chi connectivity index (χ2n) is 6.07. The van der Waals surface area contributed by atoms with Crippen LogP contribution in [0.3, 0.4) is 0 Å². The van der Waals surface area contributed by atoms with E-state index in [4.69, 9.17) is 0 Å². The summed E-state index contributed by atoms with van der Waals surface area (Å²) < 4.78 is 0. The first-order valence-corrected chi connectivity index (χ1v) is 7.11. The van der Waals surface area contributed by atoms with Gasteiger partial charge in [-0.05, 0) is 55.2 Å². The van der Waals surface area contributed by atoms with Gasteiger partial charge in [-0.15, -0.1) is 0 Å². The third kappa shape index (κ3) is 2.55. The average Bonchev–Trinajstić information content (AvgIpc) is 2.91. The number of hydrogen-bond donors (Lipinski definition) is 1. The summed E-state index contributed by atoms with van der Waals surface area (Å²) in [5.41, 5.74) is 3.12. The van der Waals surface area contributed by atoms with E-state index >= 15 is 0 Å². The van der Waals surface area contributed by atoms with E-state index in [9.17, 15) is 0 Å². The van der Waals surface area contributed by atoms with E-state index in [-0.39, 0.29) is 0 Å². The van der Waals surface area contributed by atoms with Gasteiger partial charge in [0.15, 0.2) is 0 Å². The van der Waals surface area contributed by atoms with Gasteiger partial charge in [-0.25, -0.2) is 0 Å². The molecule has 17 heavy (non-hydrogen) atoms. The number of fused-ring (bicyclic) bond motifs is 1. The predicted molar refractivity (Wildman–Crippen MR) is 72.1 cm³/mol. The summed E-state index contributed by atoms with van der Waals surface area (Å²) in [6.45, 7) is 3.63. The maximum Gasteiger partial charge on any atom is 0.0148 e. The molecule has 1 aromatic carbocycles. The van der Waals surface area contributed by atoms with Gasteiger partial charge in [0.1, 0.15) is 0 Å². The van der Waals surface area contributed by atoms with Crippen molar-refractivity contribution in [3.63, 3.8) is 0 Å². The van der Waals surface area contributed by atoms with Crippen molar-refractivity contribution in [3.8, 4) is 0 Å². The van der Waals surface area contributed by atoms with Gasteiger partial charge in [0.25, 0.3) is 0 Å². The lowest BCUT2D eigenvalue weighted by Gasteiger charge is -2.16. The first-order valence-electron chi connectivity index (χ1n) is 7.11. The monoisotopic (exact) mass is 229 g/mol. The van der Waals surface area contributed by atoms with Crippen molar-refractivity contribution in [2.24, 2.45) is 11.8 Å². The number of rotatable bonds is 3. The smallest absolute Gasteiger partial charge is 0.0148 e. The van der Waals surface area contributed by atoms with Crippen LogP contribution in [0.5, 0.6) is 0 Å². The summed E-state index contributed by atoms with van der Waals surface area (Å²) in [4.78, 5) is 0. The molecule has 1 aromatic rings. The molecule has 0 amide bonds. The maximum absolute atomic E-state index is 3.79. The zero-order chi connectivity index (χ0) is 11.7. The minimum atomic E-state index is 0.698. The van der Waals surface area contributed by atoms with Gasteiger partial charge >= 0.3 is 0 Å². The van der Waals surface area contributed by atoms with E-state index in [0.717, 1.165) is 11.8 Å². The highest BCUT2D eigenvalue weighted by atomic mass is 14.9. The van der Waals surface area contributed by atoms with E-state index in [0.29, 0.717) is 6.04 Å². The minimum absolute atomic E-state index is 0.698. The van der Waals surface area contributed by atoms with E-state index in [1.165, 1.54) is 38.6 Å². The molecular formula is C16H23N. The maximum atomic E-state index is 3.79. The second-order valence-corrected chi connectivity index (χ2v) is 6.07. The topological polar surface area (TPSA) is 12.0 Å². The Labute approximate surface area is 105 Å². The van der Waals surface area contributed by atoms with E-state index in [2.05, 4.69) is 36.5 Å². The molecular weight excluding hydrogens is 206 g/mol. The van der Waals surface area contributed by atoms with Crippen LogP contribution in [0.2, 0.25) is 0 Å². The van der Waals surface area contributed by atoms with Gasteiger partial charge < -0.3 is 5.32 Å². The molecule has 2 unspecified atom stereocenters. The Bertz CT molecular complexity index is 360. The molecule has 2 aliphatic rings. The molecule has 0 aliphatic heterocycles. The summed E-state index contributed by atoms with van der Waals surface area (Å²) in [6.07, 6.45) is 6.79. The Morgan fingerprint density at radius 2 is 1.82 bits per heavy atom. The van der Waals surface area contributed by atoms with Crippen LogP contribution in [0.25, 0.3) is 0 Å². The highest BCUT2D eigenvalue weighted by Crippen LogP contribution is 2.30. The summed E-state index contributed by atoms with van der Waals surface area (Å²) in [6, 6.07) is 9.60. The molecule has 1 nitrogen and oxygen atoms in total. The van der Waals surface area contributed by atoms with Crippen molar-refractivity contribution in [3.05, 3.63) is 35.4 Å². The van der Waals surface area contributed by atoms with Gasteiger partial charge in [-0.2, -0.15) is 0 Å². The van der Waals surface area contributed by atoms with Gasteiger partial charge in [0.05, 0.1) is 0 Å². The number of nitrogens with one attached hydrogen (secondary N) is 1. The average molecular weight is 229 g/mol. The van der Waals surface area contributed by atoms with Gasteiger partial charge in [-0.3, -0.25) is 0 Å². The molecule has 0 bridgehead atoms. The third-order valence-electron chi connectivity index (χ3n) is 4.55. The molecule has 0 spiro atoms. The van der Waals surface area contributed by atoms with Gasteiger partial charge in [0.2, 0.25) is 0 Å². The van der Waals surface area contributed by atoms with Crippen LogP contribution in [0.4, 0.5) is 0 Å². The van der Waals surface area contributed by atoms with Crippen LogP contribution < -0.4 is 5.32 Å². The lowest BCUT2D eigenvalue weighted by Crippen LogP contribution is -2.33. The standard InChI is InChI=1S/C16H23N/c1-12-6-7-13(8-12)11-17-16-9-14-4-2-3-5-15(14)10-16/h2-5,12-13,16-17H,6-11H2,1H3. The van der Waals surface area contributed by atoms with Gasteiger partial charge in [0, 0.05) is 6.04 Å². The zero-order valence-corrected chi connectivity index (χ0v) is 10.8. The molecule has 3 rings (SSSR count). The summed E-state index contributed by atoms with van der Waals surface area (Å²) in [5, 5.41) is 3.79. The largest absolute Gasteiger partial charge is 0.313 e. The first kappa shape index (κ1) is 11.3. The van der Waals surface area contributed by atoms with Crippen LogP contribution in [0, 0.1) is 11.8 Å². The third-order valence-corrected chi connectivity index (χ3v) is 4.55. The van der Waals surface area contributed by atoms with Crippen molar-refractivity contribution in [2.75, 3.05) is 6.54 Å². The van der Waals surface area contributed by atoms with Crippen LogP contribution in [0.15, 0.2) is 24.3 Å². The Balaban J connectivity index is 1.49. The van der Waals surface area contributed by atoms with Gasteiger partial charge in [-0.1, -0.05) is 37.6 Å². The van der Waals surface area contributed by atoms with E-state index in [1.54, 1.807) is 11.1 Å². The van der Waals surface area contributed by atoms with E-state index in [1.807, 2.05) is 0 Å². The summed E-state index contributed by atoms with van der Waals surface area (Å²) >= 11 is 0. The first-order chi connectivity index (χ1) is 8.31. The minimum Gasteiger partial charge on any atom is -0.313 e. The molecule has 2 aliphatic carbocycles. The highest BCUT2D eigenvalue weighted by molar-refractivity contribution is 5.33. The predicted octanol–water partition coefficient (Wildman–Crippen LogP) is 3.18. The SMILES string of the molecule is CC1CCC(CNC2Cc3ccccc3C2)C1. The second kappa shape index (κ2) is 4.81. The molecule has 92 valence electrons. The van der Waals surface area contributed by atoms with Crippen LogP contribution in [-0.2, 0) is 12.8 Å². The lowest BCUT2D eigenvalue weighted by atomic mass is 10.1. The van der Waals surface area contributed by atoms with Crippen molar-refractivity contribution < 1.29 is 0 Å². The van der Waals surface area contributed by atoms with Crippen molar-refractivity contribution in [1.29, 1.82) is 0 Å². The van der Waals surface area contributed by atoms with Crippen LogP contribution in [0.1, 0.15) is 37.3 Å². The lowest BCUT2D eigenvalue weighted by molar-refractivity contribution is 0.428. The molecule has 0 aromatic heterocycles. The van der Waals surface area contributed by atoms with E-state index < -0.39 is 0 Å². The Morgan fingerprint density at radius 3 is 2.41 bits per heavy atom. The molecule has 0 radical (unpaired) electrons. The molecule has 1 saturated carbocycles. The number of benzene rings is 1. The summed E-state index contributed by atoms with van der Waals surface area (Å²) in [5.74, 6) is 1.90. The van der Waals surface area contributed by atoms with Crippen LogP contribution in [-0.4, -0.2) is 12.6 Å². The molecule has 0 saturated heterocycles. The Kier molecular flexibility index (Phi) is 3.19. The fourth-order valence-corrected chi connectivity index (χ4v) is 3.55. The fraction of sp³-hybridized carbons (Fsp3) is 0.625. The fourth-order valence-electron chi connectivity index (χ4n) is 3.55. The Morgan fingerprint density at radius 1 is 1.12 bits per heavy atom. The van der Waals surface area contributed by atoms with Crippen molar-refractivity contribution in [2.45, 2.75) is 45.1 Å². The summed E-state index contributed by atoms with van der Waals surface area (Å²) in [7, 11) is 0. The molecule has 2 atom stereocenters. The zero-order valence-electron chi connectivity index (χ0n) is 10.8. The van der Waals surface area contributed by atoms with Crippen molar-refractivity contribution in [1.82, 2.24) is 5.32 Å².